The molecule has 0 radical (unpaired) electrons. The summed E-state index contributed by atoms with van der Waals surface area (Å²) in [5.74, 6) is -1.26. The lowest BCUT2D eigenvalue weighted by atomic mass is 10.2. The van der Waals surface area contributed by atoms with Crippen molar-refractivity contribution in [1.82, 2.24) is 0 Å². The summed E-state index contributed by atoms with van der Waals surface area (Å²) in [5, 5.41) is 10.1. The van der Waals surface area contributed by atoms with Gasteiger partial charge in [0.1, 0.15) is 0 Å². The first-order valence-electron chi connectivity index (χ1n) is 5.35. The van der Waals surface area contributed by atoms with Crippen LogP contribution in [0.25, 0.3) is 0 Å². The predicted octanol–water partition coefficient (Wildman–Crippen LogP) is 3.71. The Balaban J connectivity index is 2.99. The molecule has 0 bridgehead atoms. The molecule has 0 aliphatic rings. The fraction of sp³-hybridized carbons (Fsp3) is 0.455. The second kappa shape index (κ2) is 6.66. The molecular weight excluding hydrogens is 307 g/mol. The molecule has 0 spiro atoms. The van der Waals surface area contributed by atoms with Gasteiger partial charge in [-0.15, -0.1) is 0 Å². The SMILES string of the molecule is CCOP(=O)(OCC)C(O)c1cccc(Br)c1. The zero-order valence-corrected chi connectivity index (χ0v) is 12.3. The third kappa shape index (κ3) is 3.90. The molecule has 1 atom stereocenters. The standard InChI is InChI=1S/C11H16BrO4P/c1-3-15-17(14,16-4-2)11(13)9-6-5-7-10(12)8-9/h5-8,11,13H,3-4H2,1-2H3. The lowest BCUT2D eigenvalue weighted by molar-refractivity contribution is 0.150. The highest BCUT2D eigenvalue weighted by atomic mass is 79.9. The van der Waals surface area contributed by atoms with E-state index >= 15 is 0 Å². The van der Waals surface area contributed by atoms with Gasteiger partial charge in [0.25, 0.3) is 0 Å². The first kappa shape index (κ1) is 14.9. The van der Waals surface area contributed by atoms with Crippen LogP contribution < -0.4 is 0 Å². The van der Waals surface area contributed by atoms with Gasteiger partial charge in [-0.2, -0.15) is 0 Å². The van der Waals surface area contributed by atoms with Gasteiger partial charge in [0.2, 0.25) is 0 Å². The molecule has 0 fully saturated rings. The van der Waals surface area contributed by atoms with Gasteiger partial charge in [-0.3, -0.25) is 4.57 Å². The Morgan fingerprint density at radius 2 is 1.94 bits per heavy atom. The molecule has 1 aromatic carbocycles. The number of halogens is 1. The number of hydrogen-bond acceptors (Lipinski definition) is 4. The summed E-state index contributed by atoms with van der Waals surface area (Å²) in [5.41, 5.74) is 0.504. The monoisotopic (exact) mass is 322 g/mol. The van der Waals surface area contributed by atoms with Crippen molar-refractivity contribution < 1.29 is 18.7 Å². The van der Waals surface area contributed by atoms with E-state index in [0.29, 0.717) is 5.56 Å². The molecule has 0 aromatic heterocycles. The van der Waals surface area contributed by atoms with Crippen molar-refractivity contribution in [3.63, 3.8) is 0 Å². The summed E-state index contributed by atoms with van der Waals surface area (Å²) in [7, 11) is -3.52. The van der Waals surface area contributed by atoms with Gasteiger partial charge in [0, 0.05) is 4.47 Å². The van der Waals surface area contributed by atoms with E-state index in [1.807, 2.05) is 6.07 Å². The van der Waals surface area contributed by atoms with Crippen LogP contribution in [0.1, 0.15) is 25.3 Å². The van der Waals surface area contributed by atoms with E-state index in [9.17, 15) is 9.67 Å². The topological polar surface area (TPSA) is 55.8 Å². The molecule has 0 saturated heterocycles. The Hall–Kier alpha value is -0.190. The molecule has 6 heteroatoms. The quantitative estimate of drug-likeness (QED) is 0.811. The van der Waals surface area contributed by atoms with Gasteiger partial charge in [0.05, 0.1) is 13.2 Å². The average molecular weight is 323 g/mol. The molecule has 96 valence electrons. The summed E-state index contributed by atoms with van der Waals surface area (Å²) < 4.78 is 23.3. The van der Waals surface area contributed by atoms with E-state index in [0.717, 1.165) is 4.47 Å². The lowest BCUT2D eigenvalue weighted by Crippen LogP contribution is -2.06. The zero-order chi connectivity index (χ0) is 12.9. The minimum Gasteiger partial charge on any atom is -0.376 e. The largest absolute Gasteiger partial charge is 0.376 e. The maximum atomic E-state index is 12.3. The van der Waals surface area contributed by atoms with Gasteiger partial charge < -0.3 is 14.2 Å². The van der Waals surface area contributed by atoms with Gasteiger partial charge in [-0.05, 0) is 31.5 Å². The van der Waals surface area contributed by atoms with Crippen LogP contribution in [-0.4, -0.2) is 18.3 Å². The molecule has 0 heterocycles. The number of rotatable bonds is 6. The Morgan fingerprint density at radius 1 is 1.35 bits per heavy atom. The van der Waals surface area contributed by atoms with E-state index in [2.05, 4.69) is 15.9 Å². The third-order valence-electron chi connectivity index (χ3n) is 2.06. The van der Waals surface area contributed by atoms with Crippen molar-refractivity contribution in [3.05, 3.63) is 34.3 Å². The number of benzene rings is 1. The van der Waals surface area contributed by atoms with Gasteiger partial charge in [-0.1, -0.05) is 28.1 Å². The molecule has 17 heavy (non-hydrogen) atoms. The fourth-order valence-electron chi connectivity index (χ4n) is 1.39. The molecule has 0 aliphatic carbocycles. The van der Waals surface area contributed by atoms with Crippen molar-refractivity contribution in [2.45, 2.75) is 19.7 Å². The zero-order valence-electron chi connectivity index (χ0n) is 9.80. The highest BCUT2D eigenvalue weighted by Gasteiger charge is 2.35. The van der Waals surface area contributed by atoms with Crippen LogP contribution in [0.15, 0.2) is 28.7 Å². The van der Waals surface area contributed by atoms with Gasteiger partial charge in [0.15, 0.2) is 5.85 Å². The van der Waals surface area contributed by atoms with E-state index in [1.165, 1.54) is 0 Å². The Bertz CT molecular complexity index is 400. The molecule has 1 N–H and O–H groups in total. The maximum Gasteiger partial charge on any atom is 0.363 e. The second-order valence-corrected chi connectivity index (χ2v) is 6.30. The van der Waals surface area contributed by atoms with Crippen LogP contribution in [0.5, 0.6) is 0 Å². The van der Waals surface area contributed by atoms with Gasteiger partial charge in [-0.25, -0.2) is 0 Å². The third-order valence-corrected chi connectivity index (χ3v) is 4.69. The van der Waals surface area contributed by atoms with Crippen LogP contribution in [0.3, 0.4) is 0 Å². The van der Waals surface area contributed by atoms with Crippen LogP contribution >= 0.6 is 23.5 Å². The number of hydrogen-bond donors (Lipinski definition) is 1. The first-order valence-corrected chi connectivity index (χ1v) is 7.76. The maximum absolute atomic E-state index is 12.3. The normalized spacial score (nSPS) is 13.6. The molecule has 1 aromatic rings. The van der Waals surface area contributed by atoms with Crippen molar-refractivity contribution in [2.75, 3.05) is 13.2 Å². The molecule has 1 rings (SSSR count). The number of aliphatic hydroxyl groups is 1. The molecular formula is C11H16BrO4P. The van der Waals surface area contributed by atoms with Crippen molar-refractivity contribution >= 4 is 23.5 Å². The first-order chi connectivity index (χ1) is 8.03. The predicted molar refractivity (Wildman–Crippen MR) is 70.0 cm³/mol. The van der Waals surface area contributed by atoms with E-state index in [1.54, 1.807) is 32.0 Å². The van der Waals surface area contributed by atoms with E-state index in [4.69, 9.17) is 9.05 Å². The molecule has 0 saturated carbocycles. The summed E-state index contributed by atoms with van der Waals surface area (Å²) in [6, 6.07) is 6.95. The molecule has 1 unspecified atom stereocenters. The Kier molecular flexibility index (Phi) is 5.83. The Labute approximate surface area is 110 Å². The van der Waals surface area contributed by atoms with Crippen LogP contribution in [0.4, 0.5) is 0 Å². The summed E-state index contributed by atoms with van der Waals surface area (Å²) in [6.45, 7) is 3.86. The van der Waals surface area contributed by atoms with Crippen molar-refractivity contribution in [2.24, 2.45) is 0 Å². The minimum atomic E-state index is -3.52. The summed E-state index contributed by atoms with van der Waals surface area (Å²) >= 11 is 3.29. The van der Waals surface area contributed by atoms with Crippen LogP contribution in [-0.2, 0) is 13.6 Å². The summed E-state index contributed by atoms with van der Waals surface area (Å²) in [6.07, 6.45) is 0. The molecule has 0 aliphatic heterocycles. The fourth-order valence-corrected chi connectivity index (χ4v) is 3.41. The number of aliphatic hydroxyl groups excluding tert-OH is 1. The van der Waals surface area contributed by atoms with E-state index in [-0.39, 0.29) is 13.2 Å². The second-order valence-electron chi connectivity index (χ2n) is 3.30. The van der Waals surface area contributed by atoms with Crippen molar-refractivity contribution in [3.8, 4) is 0 Å². The highest BCUT2D eigenvalue weighted by Crippen LogP contribution is 2.59. The van der Waals surface area contributed by atoms with Crippen LogP contribution in [0, 0.1) is 0 Å². The Morgan fingerprint density at radius 3 is 2.41 bits per heavy atom. The summed E-state index contributed by atoms with van der Waals surface area (Å²) in [4.78, 5) is 0. The van der Waals surface area contributed by atoms with Crippen molar-refractivity contribution in [1.29, 1.82) is 0 Å². The lowest BCUT2D eigenvalue weighted by Gasteiger charge is -2.22. The average Bonchev–Trinajstić information content (AvgIpc) is 2.28. The smallest absolute Gasteiger partial charge is 0.363 e. The minimum absolute atomic E-state index is 0.225. The van der Waals surface area contributed by atoms with Gasteiger partial charge >= 0.3 is 7.60 Å². The highest BCUT2D eigenvalue weighted by molar-refractivity contribution is 9.10. The molecule has 4 nitrogen and oxygen atoms in total. The molecule has 0 amide bonds. The van der Waals surface area contributed by atoms with E-state index < -0.39 is 13.4 Å². The van der Waals surface area contributed by atoms with Crippen LogP contribution in [0.2, 0.25) is 0 Å².